The first-order valence-corrected chi connectivity index (χ1v) is 6.87. The van der Waals surface area contributed by atoms with E-state index in [2.05, 4.69) is 0 Å². The maximum Gasteiger partial charge on any atom is 0.253 e. The van der Waals surface area contributed by atoms with Crippen LogP contribution >= 0.6 is 0 Å². The van der Waals surface area contributed by atoms with Crippen molar-refractivity contribution in [3.05, 3.63) is 53.6 Å². The van der Waals surface area contributed by atoms with Crippen LogP contribution in [0.15, 0.2) is 42.5 Å². The second-order valence-electron chi connectivity index (χ2n) is 4.97. The normalized spacial score (nSPS) is 10.1. The fourth-order valence-electron chi connectivity index (χ4n) is 2.17. The van der Waals surface area contributed by atoms with Crippen molar-refractivity contribution >= 4 is 11.6 Å². The number of anilines is 1. The Morgan fingerprint density at radius 2 is 1.68 bits per heavy atom. The summed E-state index contributed by atoms with van der Waals surface area (Å²) in [5.74, 6) is 1.25. The number of benzene rings is 2. The first-order chi connectivity index (χ1) is 10.5. The van der Waals surface area contributed by atoms with E-state index in [-0.39, 0.29) is 5.91 Å². The molecule has 0 heterocycles. The number of methoxy groups -OCH3 is 2. The molecule has 116 valence electrons. The molecule has 2 N–H and O–H groups in total. The monoisotopic (exact) mass is 300 g/mol. The molecule has 5 heteroatoms. The summed E-state index contributed by atoms with van der Waals surface area (Å²) >= 11 is 0. The zero-order valence-electron chi connectivity index (χ0n) is 13.0. The van der Waals surface area contributed by atoms with E-state index >= 15 is 0 Å². The standard InChI is InChI=1S/C17H20N2O3/c1-19(17(20)13-5-7-14(18)8-6-13)11-12-4-9-15(21-2)16(10-12)22-3/h4-10H,11,18H2,1-3H3. The highest BCUT2D eigenvalue weighted by molar-refractivity contribution is 5.94. The maximum atomic E-state index is 12.4. The third-order valence-electron chi connectivity index (χ3n) is 3.37. The van der Waals surface area contributed by atoms with E-state index in [0.717, 1.165) is 5.56 Å². The average molecular weight is 300 g/mol. The Balaban J connectivity index is 2.12. The van der Waals surface area contributed by atoms with Crippen LogP contribution in [0.2, 0.25) is 0 Å². The van der Waals surface area contributed by atoms with Crippen molar-refractivity contribution in [1.82, 2.24) is 4.90 Å². The number of amides is 1. The van der Waals surface area contributed by atoms with Crippen LogP contribution in [0.4, 0.5) is 5.69 Å². The van der Waals surface area contributed by atoms with Crippen molar-refractivity contribution < 1.29 is 14.3 Å². The molecular formula is C17H20N2O3. The molecule has 2 aromatic rings. The van der Waals surface area contributed by atoms with Gasteiger partial charge in [-0.05, 0) is 42.0 Å². The molecule has 22 heavy (non-hydrogen) atoms. The first-order valence-electron chi connectivity index (χ1n) is 6.87. The second-order valence-corrected chi connectivity index (χ2v) is 4.97. The van der Waals surface area contributed by atoms with E-state index in [1.165, 1.54) is 0 Å². The minimum absolute atomic E-state index is 0.0604. The lowest BCUT2D eigenvalue weighted by Crippen LogP contribution is -2.26. The molecule has 0 unspecified atom stereocenters. The number of carbonyl (C=O) groups excluding carboxylic acids is 1. The fourth-order valence-corrected chi connectivity index (χ4v) is 2.17. The van der Waals surface area contributed by atoms with Gasteiger partial charge in [0.1, 0.15) is 0 Å². The summed E-state index contributed by atoms with van der Waals surface area (Å²) in [6.07, 6.45) is 0. The van der Waals surface area contributed by atoms with E-state index < -0.39 is 0 Å². The van der Waals surface area contributed by atoms with Crippen molar-refractivity contribution in [3.63, 3.8) is 0 Å². The number of hydrogen-bond acceptors (Lipinski definition) is 4. The van der Waals surface area contributed by atoms with E-state index in [9.17, 15) is 4.79 Å². The number of rotatable bonds is 5. The predicted octanol–water partition coefficient (Wildman–Crippen LogP) is 2.56. The molecular weight excluding hydrogens is 280 g/mol. The summed E-state index contributed by atoms with van der Waals surface area (Å²) in [7, 11) is 4.94. The Bertz CT molecular complexity index is 653. The number of nitrogen functional groups attached to an aromatic ring is 1. The van der Waals surface area contributed by atoms with Gasteiger partial charge in [0, 0.05) is 24.8 Å². The smallest absolute Gasteiger partial charge is 0.253 e. The zero-order chi connectivity index (χ0) is 16.1. The average Bonchev–Trinajstić information content (AvgIpc) is 2.54. The Morgan fingerprint density at radius 3 is 2.27 bits per heavy atom. The summed E-state index contributed by atoms with van der Waals surface area (Å²) < 4.78 is 10.5. The van der Waals surface area contributed by atoms with Gasteiger partial charge >= 0.3 is 0 Å². The highest BCUT2D eigenvalue weighted by Gasteiger charge is 2.13. The molecule has 0 atom stereocenters. The third-order valence-corrected chi connectivity index (χ3v) is 3.37. The van der Waals surface area contributed by atoms with Crippen molar-refractivity contribution in [2.75, 3.05) is 27.0 Å². The Hall–Kier alpha value is -2.69. The highest BCUT2D eigenvalue weighted by Crippen LogP contribution is 2.28. The molecule has 0 radical (unpaired) electrons. The summed E-state index contributed by atoms with van der Waals surface area (Å²) in [5, 5.41) is 0. The number of hydrogen-bond donors (Lipinski definition) is 1. The molecule has 0 spiro atoms. The molecule has 0 bridgehead atoms. The quantitative estimate of drug-likeness (QED) is 0.862. The van der Waals surface area contributed by atoms with Gasteiger partial charge in [0.25, 0.3) is 5.91 Å². The van der Waals surface area contributed by atoms with Gasteiger partial charge in [0.2, 0.25) is 0 Å². The lowest BCUT2D eigenvalue weighted by Gasteiger charge is -2.18. The first kappa shape index (κ1) is 15.7. The number of nitrogens with zero attached hydrogens (tertiary/aromatic N) is 1. The molecule has 1 amide bonds. The SMILES string of the molecule is COc1ccc(CN(C)C(=O)c2ccc(N)cc2)cc1OC. The lowest BCUT2D eigenvalue weighted by molar-refractivity contribution is 0.0785. The van der Waals surface area contributed by atoms with E-state index in [1.807, 2.05) is 18.2 Å². The summed E-state index contributed by atoms with van der Waals surface area (Å²) in [6.45, 7) is 0.476. The van der Waals surface area contributed by atoms with Crippen LogP contribution in [0, 0.1) is 0 Å². The minimum Gasteiger partial charge on any atom is -0.493 e. The van der Waals surface area contributed by atoms with Crippen LogP contribution in [0.3, 0.4) is 0 Å². The number of ether oxygens (including phenoxy) is 2. The summed E-state index contributed by atoms with van der Waals surface area (Å²) in [4.78, 5) is 14.0. The molecule has 0 fully saturated rings. The molecule has 0 saturated heterocycles. The predicted molar refractivity (Wildman–Crippen MR) is 86.2 cm³/mol. The van der Waals surface area contributed by atoms with Gasteiger partial charge in [-0.2, -0.15) is 0 Å². The van der Waals surface area contributed by atoms with Gasteiger partial charge in [0.05, 0.1) is 14.2 Å². The van der Waals surface area contributed by atoms with E-state index in [1.54, 1.807) is 50.4 Å². The molecule has 0 aliphatic carbocycles. The maximum absolute atomic E-state index is 12.4. The van der Waals surface area contributed by atoms with Crippen molar-refractivity contribution in [3.8, 4) is 11.5 Å². The van der Waals surface area contributed by atoms with Crippen LogP contribution < -0.4 is 15.2 Å². The van der Waals surface area contributed by atoms with Gasteiger partial charge in [-0.25, -0.2) is 0 Å². The van der Waals surface area contributed by atoms with Crippen molar-refractivity contribution in [2.24, 2.45) is 0 Å². The summed E-state index contributed by atoms with van der Waals surface area (Å²) in [6, 6.07) is 12.5. The molecule has 0 aliphatic rings. The van der Waals surface area contributed by atoms with Gasteiger partial charge in [-0.1, -0.05) is 6.07 Å². The van der Waals surface area contributed by atoms with Gasteiger partial charge in [0.15, 0.2) is 11.5 Å². The number of carbonyl (C=O) groups is 1. The topological polar surface area (TPSA) is 64.8 Å². The van der Waals surface area contributed by atoms with E-state index in [4.69, 9.17) is 15.2 Å². The molecule has 0 aliphatic heterocycles. The molecule has 2 aromatic carbocycles. The van der Waals surface area contributed by atoms with Crippen LogP contribution in [0.5, 0.6) is 11.5 Å². The Kier molecular flexibility index (Phi) is 4.88. The van der Waals surface area contributed by atoms with Crippen LogP contribution in [0.1, 0.15) is 15.9 Å². The van der Waals surface area contributed by atoms with Gasteiger partial charge < -0.3 is 20.1 Å². The molecule has 0 aromatic heterocycles. The van der Waals surface area contributed by atoms with Crippen molar-refractivity contribution in [1.29, 1.82) is 0 Å². The molecule has 0 saturated carbocycles. The Morgan fingerprint density at radius 1 is 1.05 bits per heavy atom. The zero-order valence-corrected chi connectivity index (χ0v) is 13.0. The second kappa shape index (κ2) is 6.85. The third kappa shape index (κ3) is 3.49. The largest absolute Gasteiger partial charge is 0.493 e. The lowest BCUT2D eigenvalue weighted by atomic mass is 10.1. The van der Waals surface area contributed by atoms with Crippen LogP contribution in [-0.2, 0) is 6.54 Å². The number of nitrogens with two attached hydrogens (primary N) is 1. The minimum atomic E-state index is -0.0604. The van der Waals surface area contributed by atoms with Crippen LogP contribution in [-0.4, -0.2) is 32.1 Å². The summed E-state index contributed by atoms with van der Waals surface area (Å²) in [5.41, 5.74) is 7.84. The molecule has 5 nitrogen and oxygen atoms in total. The van der Waals surface area contributed by atoms with Crippen LogP contribution in [0.25, 0.3) is 0 Å². The van der Waals surface area contributed by atoms with Gasteiger partial charge in [-0.3, -0.25) is 4.79 Å². The Labute approximate surface area is 130 Å². The fraction of sp³-hybridized carbons (Fsp3) is 0.235. The van der Waals surface area contributed by atoms with Crippen molar-refractivity contribution in [2.45, 2.75) is 6.54 Å². The van der Waals surface area contributed by atoms with Gasteiger partial charge in [-0.15, -0.1) is 0 Å². The van der Waals surface area contributed by atoms with E-state index in [0.29, 0.717) is 29.3 Å². The highest BCUT2D eigenvalue weighted by atomic mass is 16.5. The molecule has 2 rings (SSSR count).